The van der Waals surface area contributed by atoms with Crippen LogP contribution in [0.15, 0.2) is 97.1 Å². The van der Waals surface area contributed by atoms with Crippen molar-refractivity contribution in [1.82, 2.24) is 5.32 Å². The van der Waals surface area contributed by atoms with Crippen LogP contribution in [0.4, 0.5) is 4.79 Å². The number of aliphatic carboxylic acids is 1. The lowest BCUT2D eigenvalue weighted by Gasteiger charge is -2.19. The van der Waals surface area contributed by atoms with Crippen LogP contribution < -0.4 is 5.32 Å². The summed E-state index contributed by atoms with van der Waals surface area (Å²) in [6, 6.07) is 33.5. The van der Waals surface area contributed by atoms with Crippen molar-refractivity contribution in [2.75, 3.05) is 19.8 Å². The first-order chi connectivity index (χ1) is 39.6. The molecule has 6 rings (SSSR count). The molecule has 4 aromatic carbocycles. The van der Waals surface area contributed by atoms with Gasteiger partial charge in [0.1, 0.15) is 17.8 Å². The zero-order chi connectivity index (χ0) is 59.3. The van der Waals surface area contributed by atoms with E-state index in [4.69, 9.17) is 19.3 Å². The molecule has 4 aromatic rings. The average Bonchev–Trinajstić information content (AvgIpc) is 3.01. The van der Waals surface area contributed by atoms with Crippen LogP contribution in [-0.2, 0) is 28.6 Å². The molecule has 10 nitrogen and oxygen atoms in total. The van der Waals surface area contributed by atoms with E-state index < -0.39 is 5.97 Å². The molecule has 2 aliphatic carbocycles. The van der Waals surface area contributed by atoms with Crippen molar-refractivity contribution in [3.63, 3.8) is 0 Å². The maximum atomic E-state index is 12.3. The standard InChI is InChI=1S/C36H53NO4.C22H42O4.C14H12O/c1-36(2,3)41-34(38)26-16-14-12-10-8-6-4-5-7-9-11-13-15-21-27-37-35(39)40-28-33-31-24-19-17-22-29(31)30-23-18-20-25-32(30)33;1-22(2,3)26-21(25)19-17-15-13-11-9-7-5-4-6-8-10-12-14-16-18-20(23)24;15-9-14-12-7-3-1-5-10(12)11-6-2-4-8-13(11)14/h17-20,22-25,33H,4-16,21,26-28H2,1-3H3,(H,37,39);4-19H2,1-3H3,(H,23,24);1-8,14-15H,9H2. The van der Waals surface area contributed by atoms with Gasteiger partial charge in [-0.25, -0.2) is 4.79 Å². The number of aliphatic hydroxyl groups excluding tert-OH is 1. The Labute approximate surface area is 495 Å². The van der Waals surface area contributed by atoms with Crippen molar-refractivity contribution in [3.05, 3.63) is 119 Å². The number of benzene rings is 4. The molecular weight excluding hydrogens is 1020 g/mol. The lowest BCUT2D eigenvalue weighted by Crippen LogP contribution is -2.27. The van der Waals surface area contributed by atoms with E-state index in [-0.39, 0.29) is 47.7 Å². The minimum absolute atomic E-state index is 0.0669. The summed E-state index contributed by atoms with van der Waals surface area (Å²) >= 11 is 0. The fraction of sp³-hybridized carbons (Fsp3) is 0.611. The monoisotopic (exact) mass is 1130 g/mol. The van der Waals surface area contributed by atoms with Gasteiger partial charge in [-0.15, -0.1) is 0 Å². The first-order valence-corrected chi connectivity index (χ1v) is 32.1. The highest BCUT2D eigenvalue weighted by Gasteiger charge is 2.29. The highest BCUT2D eigenvalue weighted by atomic mass is 16.6. The lowest BCUT2D eigenvalue weighted by atomic mass is 9.98. The van der Waals surface area contributed by atoms with E-state index in [1.165, 1.54) is 173 Å². The third kappa shape index (κ3) is 28.7. The summed E-state index contributed by atoms with van der Waals surface area (Å²) in [5.41, 5.74) is 9.29. The van der Waals surface area contributed by atoms with Crippen molar-refractivity contribution in [2.45, 2.75) is 264 Å². The predicted octanol–water partition coefficient (Wildman–Crippen LogP) is 19.2. The molecule has 2 aliphatic rings. The number of ether oxygens (including phenoxy) is 3. The molecule has 0 bridgehead atoms. The Balaban J connectivity index is 0.000000297. The number of rotatable bonds is 37. The number of esters is 2. The smallest absolute Gasteiger partial charge is 0.407 e. The third-order valence-corrected chi connectivity index (χ3v) is 15.4. The normalized spacial score (nSPS) is 12.4. The van der Waals surface area contributed by atoms with Gasteiger partial charge >= 0.3 is 24.0 Å². The lowest BCUT2D eigenvalue weighted by molar-refractivity contribution is -0.156. The second kappa shape index (κ2) is 39.9. The average molecular weight is 1130 g/mol. The molecule has 10 heteroatoms. The van der Waals surface area contributed by atoms with Gasteiger partial charge < -0.3 is 29.7 Å². The van der Waals surface area contributed by atoms with E-state index in [1.807, 2.05) is 53.7 Å². The van der Waals surface area contributed by atoms with Gasteiger partial charge in [0.2, 0.25) is 0 Å². The molecule has 1 amide bonds. The van der Waals surface area contributed by atoms with Crippen LogP contribution in [0.3, 0.4) is 0 Å². The minimum Gasteiger partial charge on any atom is -0.481 e. The summed E-state index contributed by atoms with van der Waals surface area (Å²) in [7, 11) is 0. The van der Waals surface area contributed by atoms with Gasteiger partial charge in [0, 0.05) is 37.6 Å². The summed E-state index contributed by atoms with van der Waals surface area (Å²) in [6.45, 7) is 12.7. The minimum atomic E-state index is -0.673. The number of carboxylic acids is 1. The topological polar surface area (TPSA) is 148 Å². The van der Waals surface area contributed by atoms with Crippen molar-refractivity contribution >= 4 is 24.0 Å². The Morgan fingerprint density at radius 1 is 0.390 bits per heavy atom. The molecule has 0 saturated heterocycles. The molecular formula is C72H107NO9. The molecule has 3 N–H and O–H groups in total. The maximum Gasteiger partial charge on any atom is 0.407 e. The summed E-state index contributed by atoms with van der Waals surface area (Å²) in [4.78, 5) is 46.0. The van der Waals surface area contributed by atoms with E-state index in [0.717, 1.165) is 51.4 Å². The Hall–Kier alpha value is -5.48. The number of aliphatic hydroxyl groups is 1. The zero-order valence-electron chi connectivity index (χ0n) is 51.7. The van der Waals surface area contributed by atoms with E-state index in [0.29, 0.717) is 32.4 Å². The molecule has 0 unspecified atom stereocenters. The number of fused-ring (bicyclic) bond motifs is 6. The van der Waals surface area contributed by atoms with Crippen LogP contribution in [0.25, 0.3) is 22.3 Å². The Morgan fingerprint density at radius 3 is 0.951 bits per heavy atom. The fourth-order valence-electron chi connectivity index (χ4n) is 11.3. The van der Waals surface area contributed by atoms with Crippen molar-refractivity contribution in [1.29, 1.82) is 0 Å². The number of hydrogen-bond donors (Lipinski definition) is 3. The van der Waals surface area contributed by atoms with Gasteiger partial charge in [-0.3, -0.25) is 14.4 Å². The van der Waals surface area contributed by atoms with Crippen LogP contribution in [0.5, 0.6) is 0 Å². The van der Waals surface area contributed by atoms with Crippen LogP contribution in [0.1, 0.15) is 275 Å². The van der Waals surface area contributed by atoms with Gasteiger partial charge in [-0.05, 0) is 112 Å². The predicted molar refractivity (Wildman–Crippen MR) is 336 cm³/mol. The quantitative estimate of drug-likeness (QED) is 0.0228. The fourth-order valence-corrected chi connectivity index (χ4v) is 11.3. The highest BCUT2D eigenvalue weighted by molar-refractivity contribution is 5.80. The van der Waals surface area contributed by atoms with Crippen molar-refractivity contribution in [3.8, 4) is 22.3 Å². The molecule has 0 aliphatic heterocycles. The number of amides is 1. The van der Waals surface area contributed by atoms with E-state index in [2.05, 4.69) is 90.2 Å². The van der Waals surface area contributed by atoms with Gasteiger partial charge in [-0.2, -0.15) is 0 Å². The number of carbonyl (C=O) groups is 4. The van der Waals surface area contributed by atoms with Gasteiger partial charge in [0.15, 0.2) is 0 Å². The number of carboxylic acid groups (broad SMARTS) is 1. The summed E-state index contributed by atoms with van der Waals surface area (Å²) in [5, 5.41) is 20.9. The highest BCUT2D eigenvalue weighted by Crippen LogP contribution is 2.45. The molecule has 0 radical (unpaired) electrons. The van der Waals surface area contributed by atoms with Crippen LogP contribution in [-0.4, -0.2) is 65.2 Å². The molecule has 0 atom stereocenters. The van der Waals surface area contributed by atoms with Gasteiger partial charge in [0.05, 0.1) is 6.61 Å². The molecule has 0 aromatic heterocycles. The second-order valence-corrected chi connectivity index (χ2v) is 24.9. The first-order valence-electron chi connectivity index (χ1n) is 32.1. The Morgan fingerprint density at radius 2 is 0.659 bits per heavy atom. The Bertz CT molecular complexity index is 2320. The number of hydrogen-bond acceptors (Lipinski definition) is 8. The molecule has 0 heterocycles. The van der Waals surface area contributed by atoms with E-state index in [1.54, 1.807) is 0 Å². The zero-order valence-corrected chi connectivity index (χ0v) is 51.7. The number of alkyl carbamates (subject to hydrolysis) is 1. The summed E-state index contributed by atoms with van der Waals surface area (Å²) in [5.74, 6) is -0.539. The molecule has 82 heavy (non-hydrogen) atoms. The van der Waals surface area contributed by atoms with E-state index in [9.17, 15) is 24.3 Å². The summed E-state index contributed by atoms with van der Waals surface area (Å²) < 4.78 is 16.3. The van der Waals surface area contributed by atoms with Crippen LogP contribution in [0.2, 0.25) is 0 Å². The van der Waals surface area contributed by atoms with Crippen LogP contribution in [0, 0.1) is 0 Å². The van der Waals surface area contributed by atoms with E-state index >= 15 is 0 Å². The maximum absolute atomic E-state index is 12.3. The summed E-state index contributed by atoms with van der Waals surface area (Å²) in [6.07, 6.45) is 35.0. The van der Waals surface area contributed by atoms with Crippen LogP contribution >= 0.6 is 0 Å². The van der Waals surface area contributed by atoms with Gasteiger partial charge in [-0.1, -0.05) is 251 Å². The molecule has 0 spiro atoms. The SMILES string of the molecule is CC(C)(C)OC(=O)CCCCCCCCCCCCCCCCC(=O)O.CC(C)(C)OC(=O)CCCCCCCCCCCCCCCCNC(=O)OCC1c2ccccc2-c2ccccc21.OCC1c2ccccc2-c2ccccc21. The molecule has 0 saturated carbocycles. The number of nitrogens with one attached hydrogen (secondary N) is 1. The Kier molecular flexibility index (Phi) is 33.6. The second-order valence-electron chi connectivity index (χ2n) is 24.9. The third-order valence-electron chi connectivity index (χ3n) is 15.4. The van der Waals surface area contributed by atoms with Gasteiger partial charge in [0.25, 0.3) is 0 Å². The number of carbonyl (C=O) groups excluding carboxylic acids is 3. The van der Waals surface area contributed by atoms with Crippen molar-refractivity contribution < 1.29 is 43.6 Å². The largest absolute Gasteiger partial charge is 0.481 e. The first kappa shape index (κ1) is 69.0. The molecule has 454 valence electrons. The molecule has 0 fully saturated rings. The van der Waals surface area contributed by atoms with Crippen molar-refractivity contribution in [2.24, 2.45) is 0 Å². The number of unbranched alkanes of at least 4 members (excludes halogenated alkanes) is 26.